The molecular formula is C9H15N2O2+. The lowest BCUT2D eigenvalue weighted by atomic mass is 10.4. The number of ether oxygens (including phenoxy) is 1. The molecule has 4 heteroatoms. The summed E-state index contributed by atoms with van der Waals surface area (Å²) >= 11 is 0. The molecule has 0 spiro atoms. The number of rotatable bonds is 3. The second-order valence-corrected chi connectivity index (χ2v) is 2.86. The molecule has 0 aliphatic heterocycles. The minimum atomic E-state index is -0.205. The van der Waals surface area contributed by atoms with E-state index in [4.69, 9.17) is 0 Å². The smallest absolute Gasteiger partial charge is 0.317 e. The summed E-state index contributed by atoms with van der Waals surface area (Å²) in [5.41, 5.74) is 0. The highest BCUT2D eigenvalue weighted by Gasteiger charge is 2.17. The minimum absolute atomic E-state index is 0.205. The maximum atomic E-state index is 11.1. The zero-order valence-electron chi connectivity index (χ0n) is 8.28. The highest BCUT2D eigenvalue weighted by molar-refractivity contribution is 5.71. The first-order valence-corrected chi connectivity index (χ1v) is 4.29. The predicted molar refractivity (Wildman–Crippen MR) is 47.0 cm³/mol. The maximum absolute atomic E-state index is 11.1. The van der Waals surface area contributed by atoms with Crippen LogP contribution in [-0.4, -0.2) is 17.6 Å². The van der Waals surface area contributed by atoms with Crippen LogP contribution in [-0.2, 0) is 29.5 Å². The fourth-order valence-electron chi connectivity index (χ4n) is 1.27. The lowest BCUT2D eigenvalue weighted by Gasteiger charge is -1.98. The molecule has 0 amide bonds. The van der Waals surface area contributed by atoms with Gasteiger partial charge in [0.05, 0.1) is 20.7 Å². The van der Waals surface area contributed by atoms with E-state index in [9.17, 15) is 4.79 Å². The molecule has 0 aliphatic rings. The zero-order chi connectivity index (χ0) is 9.84. The molecule has 1 heterocycles. The first-order valence-electron chi connectivity index (χ1n) is 4.29. The quantitative estimate of drug-likeness (QED) is 0.490. The average molecular weight is 183 g/mol. The zero-order valence-corrected chi connectivity index (χ0v) is 8.28. The Bertz CT molecular complexity index is 305. The number of imidazole rings is 1. The van der Waals surface area contributed by atoms with Gasteiger partial charge in [0.15, 0.2) is 0 Å². The second-order valence-electron chi connectivity index (χ2n) is 2.86. The van der Waals surface area contributed by atoms with E-state index < -0.39 is 0 Å². The first kappa shape index (κ1) is 9.77. The van der Waals surface area contributed by atoms with Gasteiger partial charge in [-0.3, -0.25) is 4.79 Å². The van der Waals surface area contributed by atoms with E-state index in [1.165, 1.54) is 7.11 Å². The Balaban J connectivity index is 2.85. The molecule has 0 radical (unpaired) electrons. The van der Waals surface area contributed by atoms with Crippen molar-refractivity contribution in [2.45, 2.75) is 19.9 Å². The van der Waals surface area contributed by atoms with Crippen molar-refractivity contribution < 1.29 is 14.1 Å². The molecule has 1 aromatic rings. The number of esters is 1. The van der Waals surface area contributed by atoms with Crippen LogP contribution >= 0.6 is 0 Å². The highest BCUT2D eigenvalue weighted by atomic mass is 16.5. The molecule has 72 valence electrons. The number of methoxy groups -OCH3 is 1. The van der Waals surface area contributed by atoms with Crippen LogP contribution in [0.1, 0.15) is 12.7 Å². The molecule has 13 heavy (non-hydrogen) atoms. The molecular weight excluding hydrogens is 168 g/mol. The number of carbonyl (C=O) groups excluding carboxylic acids is 1. The molecule has 0 N–H and O–H groups in total. The molecule has 0 saturated carbocycles. The van der Waals surface area contributed by atoms with E-state index in [1.807, 2.05) is 35.5 Å². The van der Waals surface area contributed by atoms with Crippen LogP contribution in [0.4, 0.5) is 0 Å². The third-order valence-electron chi connectivity index (χ3n) is 2.08. The van der Waals surface area contributed by atoms with Crippen molar-refractivity contribution in [1.29, 1.82) is 0 Å². The number of aryl methyl sites for hydroxylation is 2. The normalized spacial score (nSPS) is 10.1. The van der Waals surface area contributed by atoms with Crippen molar-refractivity contribution in [2.24, 2.45) is 7.05 Å². The summed E-state index contributed by atoms with van der Waals surface area (Å²) in [5, 5.41) is 0. The van der Waals surface area contributed by atoms with Crippen LogP contribution in [0.25, 0.3) is 0 Å². The standard InChI is InChI=1S/C9H15N2O2/c1-4-11-6-5-10(2)8(11)7-9(12)13-3/h5-6H,4,7H2,1-3H3/q+1. The first-order chi connectivity index (χ1) is 6.19. The van der Waals surface area contributed by atoms with E-state index in [1.54, 1.807) is 0 Å². The van der Waals surface area contributed by atoms with Crippen molar-refractivity contribution in [3.05, 3.63) is 18.2 Å². The fraction of sp³-hybridized carbons (Fsp3) is 0.556. The van der Waals surface area contributed by atoms with Gasteiger partial charge in [-0.25, -0.2) is 9.13 Å². The molecule has 0 fully saturated rings. The Morgan fingerprint density at radius 3 is 2.92 bits per heavy atom. The van der Waals surface area contributed by atoms with Crippen molar-refractivity contribution >= 4 is 5.97 Å². The molecule has 0 bridgehead atoms. The summed E-state index contributed by atoms with van der Waals surface area (Å²) in [6.07, 6.45) is 4.22. The lowest BCUT2D eigenvalue weighted by Crippen LogP contribution is -2.33. The van der Waals surface area contributed by atoms with Gasteiger partial charge in [-0.15, -0.1) is 0 Å². The topological polar surface area (TPSA) is 35.1 Å². The molecule has 1 rings (SSSR count). The molecule has 1 aromatic heterocycles. The summed E-state index contributed by atoms with van der Waals surface area (Å²) in [5.74, 6) is 0.762. The Hall–Kier alpha value is -1.32. The van der Waals surface area contributed by atoms with Crippen LogP contribution in [0, 0.1) is 0 Å². The molecule has 4 nitrogen and oxygen atoms in total. The van der Waals surface area contributed by atoms with E-state index in [2.05, 4.69) is 4.74 Å². The Morgan fingerprint density at radius 1 is 1.69 bits per heavy atom. The Kier molecular flexibility index (Phi) is 3.06. The Morgan fingerprint density at radius 2 is 2.38 bits per heavy atom. The number of hydrogen-bond donors (Lipinski definition) is 0. The third-order valence-corrected chi connectivity index (χ3v) is 2.08. The van der Waals surface area contributed by atoms with E-state index in [0.717, 1.165) is 12.4 Å². The van der Waals surface area contributed by atoms with Gasteiger partial charge in [-0.2, -0.15) is 0 Å². The van der Waals surface area contributed by atoms with Gasteiger partial charge in [0.1, 0.15) is 18.8 Å². The molecule has 0 unspecified atom stereocenters. The highest BCUT2D eigenvalue weighted by Crippen LogP contribution is 1.97. The SMILES string of the molecule is CCn1cc[n+](C)c1CC(=O)OC. The maximum Gasteiger partial charge on any atom is 0.317 e. The number of aromatic nitrogens is 2. The number of carbonyl (C=O) groups is 1. The Labute approximate surface area is 77.7 Å². The van der Waals surface area contributed by atoms with Gasteiger partial charge in [-0.05, 0) is 6.92 Å². The summed E-state index contributed by atoms with van der Waals surface area (Å²) < 4.78 is 8.57. The van der Waals surface area contributed by atoms with Crippen molar-refractivity contribution in [2.75, 3.05) is 7.11 Å². The largest absolute Gasteiger partial charge is 0.469 e. The van der Waals surface area contributed by atoms with E-state index in [0.29, 0.717) is 6.42 Å². The van der Waals surface area contributed by atoms with E-state index >= 15 is 0 Å². The van der Waals surface area contributed by atoms with Crippen LogP contribution in [0.2, 0.25) is 0 Å². The van der Waals surface area contributed by atoms with Gasteiger partial charge < -0.3 is 4.74 Å². The van der Waals surface area contributed by atoms with Crippen molar-refractivity contribution in [3.63, 3.8) is 0 Å². The minimum Gasteiger partial charge on any atom is -0.469 e. The van der Waals surface area contributed by atoms with Gasteiger partial charge in [0.25, 0.3) is 5.82 Å². The van der Waals surface area contributed by atoms with E-state index in [-0.39, 0.29) is 5.97 Å². The van der Waals surface area contributed by atoms with Crippen molar-refractivity contribution in [3.8, 4) is 0 Å². The van der Waals surface area contributed by atoms with Crippen LogP contribution < -0.4 is 4.57 Å². The molecule has 0 aromatic carbocycles. The summed E-state index contributed by atoms with van der Waals surface area (Å²) in [6, 6.07) is 0. The van der Waals surface area contributed by atoms with Gasteiger partial charge in [0.2, 0.25) is 0 Å². The molecule has 0 atom stereocenters. The van der Waals surface area contributed by atoms with Crippen LogP contribution in [0.3, 0.4) is 0 Å². The average Bonchev–Trinajstić information content (AvgIpc) is 2.48. The van der Waals surface area contributed by atoms with Crippen molar-refractivity contribution in [1.82, 2.24) is 4.57 Å². The van der Waals surface area contributed by atoms with Gasteiger partial charge in [-0.1, -0.05) is 0 Å². The van der Waals surface area contributed by atoms with Gasteiger partial charge in [0, 0.05) is 0 Å². The summed E-state index contributed by atoms with van der Waals surface area (Å²) in [7, 11) is 3.33. The van der Waals surface area contributed by atoms with Crippen LogP contribution in [0.15, 0.2) is 12.4 Å². The monoisotopic (exact) mass is 183 g/mol. The fourth-order valence-corrected chi connectivity index (χ4v) is 1.27. The number of hydrogen-bond acceptors (Lipinski definition) is 2. The molecule has 0 aliphatic carbocycles. The van der Waals surface area contributed by atoms with Gasteiger partial charge >= 0.3 is 5.97 Å². The third kappa shape index (κ3) is 2.08. The number of nitrogens with zero attached hydrogens (tertiary/aromatic N) is 2. The molecule has 0 saturated heterocycles. The predicted octanol–water partition coefficient (Wildman–Crippen LogP) is 0.0480. The summed E-state index contributed by atoms with van der Waals surface area (Å²) in [4.78, 5) is 11.1. The lowest BCUT2D eigenvalue weighted by molar-refractivity contribution is -0.678. The summed E-state index contributed by atoms with van der Waals surface area (Å²) in [6.45, 7) is 2.91. The van der Waals surface area contributed by atoms with Crippen LogP contribution in [0.5, 0.6) is 0 Å². The second kappa shape index (κ2) is 4.07.